The molecule has 4 atom stereocenters. The molecule has 0 saturated carbocycles. The number of β-lactam (4-membered cyclic amide) rings is 1. The van der Waals surface area contributed by atoms with Crippen LogP contribution in [0.1, 0.15) is 15.9 Å². The summed E-state index contributed by atoms with van der Waals surface area (Å²) in [6.07, 6.45) is 0. The standard InChI is InChI=1S/C17H19N5O4S4/c1-8-20-21-16(30-8)29-7-17(15(25)26)5-22-13(24)11(14(22)28-6-17)19-12(23)10(18)9-3-2-4-27-9/h2-4,10-11,14H,5-7,18H2,1H3,(H,19,23)(H,25,26)/t10?,11?,14-,17?/m1/s1. The SMILES string of the molecule is Cc1nnc(SCC2(C(=O)O)CS[C@@H]3C(NC(=O)C(N)c4cccs4)C(=O)N3C2)s1. The molecule has 0 aromatic carbocycles. The number of aromatic nitrogens is 2. The summed E-state index contributed by atoms with van der Waals surface area (Å²) in [5, 5.41) is 23.0. The molecule has 0 aliphatic carbocycles. The first-order valence-corrected chi connectivity index (χ1v) is 12.7. The van der Waals surface area contributed by atoms with Crippen molar-refractivity contribution < 1.29 is 19.5 Å². The van der Waals surface area contributed by atoms with Gasteiger partial charge in [-0.3, -0.25) is 14.4 Å². The minimum absolute atomic E-state index is 0.104. The van der Waals surface area contributed by atoms with Gasteiger partial charge in [0.05, 0.1) is 0 Å². The molecule has 3 unspecified atom stereocenters. The molecular formula is C17H19N5O4S4. The summed E-state index contributed by atoms with van der Waals surface area (Å²) >= 11 is 5.52. The van der Waals surface area contributed by atoms with Crippen molar-refractivity contribution in [1.82, 2.24) is 20.4 Å². The molecule has 2 aromatic rings. The van der Waals surface area contributed by atoms with Crippen LogP contribution in [0.4, 0.5) is 0 Å². The van der Waals surface area contributed by atoms with Crippen LogP contribution >= 0.6 is 46.2 Å². The highest BCUT2D eigenvalue weighted by molar-refractivity contribution is 8.01. The highest BCUT2D eigenvalue weighted by Crippen LogP contribution is 2.44. The van der Waals surface area contributed by atoms with Crippen molar-refractivity contribution in [2.45, 2.75) is 28.7 Å². The van der Waals surface area contributed by atoms with Crippen molar-refractivity contribution in [2.24, 2.45) is 11.1 Å². The molecule has 4 N–H and O–H groups in total. The van der Waals surface area contributed by atoms with E-state index in [9.17, 15) is 19.5 Å². The number of hydrogen-bond acceptors (Lipinski definition) is 10. The number of amides is 2. The normalized spacial score (nSPS) is 26.6. The summed E-state index contributed by atoms with van der Waals surface area (Å²) in [6.45, 7) is 1.94. The number of thiophene rings is 1. The van der Waals surface area contributed by atoms with Crippen LogP contribution in [-0.2, 0) is 14.4 Å². The lowest BCUT2D eigenvalue weighted by molar-refractivity contribution is -0.157. The van der Waals surface area contributed by atoms with E-state index in [-0.39, 0.29) is 17.8 Å². The Morgan fingerprint density at radius 3 is 2.93 bits per heavy atom. The Morgan fingerprint density at radius 2 is 2.30 bits per heavy atom. The Morgan fingerprint density at radius 1 is 1.50 bits per heavy atom. The molecule has 0 radical (unpaired) electrons. The second-order valence-corrected chi connectivity index (χ2v) is 11.6. The molecule has 2 aliphatic rings. The molecule has 0 spiro atoms. The molecule has 2 fully saturated rings. The molecule has 160 valence electrons. The maximum Gasteiger partial charge on any atom is 0.313 e. The first-order valence-electron chi connectivity index (χ1n) is 8.98. The van der Waals surface area contributed by atoms with Crippen molar-refractivity contribution in [3.63, 3.8) is 0 Å². The van der Waals surface area contributed by atoms with Crippen molar-refractivity contribution >= 4 is 64.0 Å². The largest absolute Gasteiger partial charge is 0.481 e. The van der Waals surface area contributed by atoms with Crippen molar-refractivity contribution in [2.75, 3.05) is 18.1 Å². The number of hydrogen-bond donors (Lipinski definition) is 3. The Labute approximate surface area is 188 Å². The smallest absolute Gasteiger partial charge is 0.313 e. The van der Waals surface area contributed by atoms with Gasteiger partial charge in [-0.2, -0.15) is 0 Å². The number of nitrogens with one attached hydrogen (secondary N) is 1. The monoisotopic (exact) mass is 485 g/mol. The number of fused-ring (bicyclic) bond motifs is 1. The van der Waals surface area contributed by atoms with Gasteiger partial charge in [0.25, 0.3) is 0 Å². The number of nitrogens with two attached hydrogens (primary N) is 1. The van der Waals surface area contributed by atoms with Crippen molar-refractivity contribution in [3.8, 4) is 0 Å². The number of thioether (sulfide) groups is 2. The zero-order valence-electron chi connectivity index (χ0n) is 15.8. The first-order chi connectivity index (χ1) is 14.3. The van der Waals surface area contributed by atoms with Gasteiger partial charge in [0.15, 0.2) is 4.34 Å². The Bertz CT molecular complexity index is 967. The number of carboxylic acid groups (broad SMARTS) is 1. The van der Waals surface area contributed by atoms with Crippen LogP contribution in [0.25, 0.3) is 0 Å². The van der Waals surface area contributed by atoms with E-state index in [0.29, 0.717) is 15.8 Å². The second kappa shape index (κ2) is 8.46. The average molecular weight is 486 g/mol. The van der Waals surface area contributed by atoms with Gasteiger partial charge in [-0.1, -0.05) is 29.2 Å². The van der Waals surface area contributed by atoms with Gasteiger partial charge in [-0.05, 0) is 18.4 Å². The van der Waals surface area contributed by atoms with Crippen molar-refractivity contribution in [1.29, 1.82) is 0 Å². The van der Waals surface area contributed by atoms with Gasteiger partial charge in [-0.15, -0.1) is 33.3 Å². The number of carbonyl (C=O) groups is 3. The second-order valence-electron chi connectivity index (χ2n) is 7.11. The quantitative estimate of drug-likeness (QED) is 0.389. The van der Waals surface area contributed by atoms with Crippen molar-refractivity contribution in [3.05, 3.63) is 27.4 Å². The van der Waals surface area contributed by atoms with E-state index in [1.54, 1.807) is 6.07 Å². The first kappa shape index (κ1) is 21.6. The minimum atomic E-state index is -1.08. The van der Waals surface area contributed by atoms with Crippen LogP contribution in [0.15, 0.2) is 21.9 Å². The molecule has 2 aromatic heterocycles. The van der Waals surface area contributed by atoms with E-state index < -0.39 is 29.4 Å². The Balaban J connectivity index is 1.39. The fraction of sp³-hybridized carbons (Fsp3) is 0.471. The molecule has 2 amide bonds. The maximum atomic E-state index is 12.7. The molecule has 0 bridgehead atoms. The molecule has 2 saturated heterocycles. The summed E-state index contributed by atoms with van der Waals surface area (Å²) < 4.78 is 0.711. The van der Waals surface area contributed by atoms with Crippen LogP contribution in [0.3, 0.4) is 0 Å². The number of carbonyl (C=O) groups excluding carboxylic acids is 2. The van der Waals surface area contributed by atoms with Crippen LogP contribution in [0.2, 0.25) is 0 Å². The average Bonchev–Trinajstić information content (AvgIpc) is 3.41. The minimum Gasteiger partial charge on any atom is -0.481 e. The zero-order valence-corrected chi connectivity index (χ0v) is 19.1. The summed E-state index contributed by atoms with van der Waals surface area (Å²) in [4.78, 5) is 39.5. The molecule has 4 rings (SSSR count). The fourth-order valence-electron chi connectivity index (χ4n) is 3.28. The lowest BCUT2D eigenvalue weighted by atomic mass is 9.89. The van der Waals surface area contributed by atoms with Gasteiger partial charge in [0.1, 0.15) is 27.9 Å². The zero-order chi connectivity index (χ0) is 21.5. The van der Waals surface area contributed by atoms with Crippen LogP contribution in [-0.4, -0.2) is 67.5 Å². The highest BCUT2D eigenvalue weighted by Gasteiger charge is 2.57. The maximum absolute atomic E-state index is 12.7. The van der Waals surface area contributed by atoms with E-state index >= 15 is 0 Å². The molecule has 4 heterocycles. The van der Waals surface area contributed by atoms with Crippen LogP contribution in [0, 0.1) is 12.3 Å². The number of nitrogens with zero attached hydrogens (tertiary/aromatic N) is 3. The third kappa shape index (κ3) is 3.96. The summed E-state index contributed by atoms with van der Waals surface area (Å²) in [5.74, 6) is -0.997. The topological polar surface area (TPSA) is 139 Å². The third-order valence-electron chi connectivity index (χ3n) is 5.01. The van der Waals surface area contributed by atoms with Gasteiger partial charge < -0.3 is 21.1 Å². The summed E-state index contributed by atoms with van der Waals surface area (Å²) in [6, 6.07) is 2.08. The van der Waals surface area contributed by atoms with E-state index in [2.05, 4.69) is 15.5 Å². The van der Waals surface area contributed by atoms with Gasteiger partial charge >= 0.3 is 5.97 Å². The van der Waals surface area contributed by atoms with Gasteiger partial charge in [-0.25, -0.2) is 0 Å². The number of carboxylic acids is 1. The number of aryl methyl sites for hydroxylation is 1. The number of rotatable bonds is 7. The summed E-state index contributed by atoms with van der Waals surface area (Å²) in [5.41, 5.74) is 4.90. The highest BCUT2D eigenvalue weighted by atomic mass is 32.2. The molecule has 30 heavy (non-hydrogen) atoms. The Hall–Kier alpha value is -1.67. The lowest BCUT2D eigenvalue weighted by Crippen LogP contribution is -2.74. The van der Waals surface area contributed by atoms with Gasteiger partial charge in [0.2, 0.25) is 11.8 Å². The van der Waals surface area contributed by atoms with E-state index in [0.717, 1.165) is 9.88 Å². The predicted octanol–water partition coefficient (Wildman–Crippen LogP) is 1.17. The van der Waals surface area contributed by atoms with Crippen LogP contribution in [0.5, 0.6) is 0 Å². The molecule has 2 aliphatic heterocycles. The number of aliphatic carboxylic acids is 1. The Kier molecular flexibility index (Phi) is 6.08. The van der Waals surface area contributed by atoms with E-state index in [1.807, 2.05) is 18.4 Å². The van der Waals surface area contributed by atoms with E-state index in [1.165, 1.54) is 51.1 Å². The van der Waals surface area contributed by atoms with Gasteiger partial charge in [0, 0.05) is 22.9 Å². The fourth-order valence-corrected chi connectivity index (χ4v) is 7.68. The lowest BCUT2D eigenvalue weighted by Gasteiger charge is -2.53. The molecular weight excluding hydrogens is 466 g/mol. The molecule has 9 nitrogen and oxygen atoms in total. The van der Waals surface area contributed by atoms with E-state index in [4.69, 9.17) is 5.73 Å². The predicted molar refractivity (Wildman–Crippen MR) is 117 cm³/mol. The van der Waals surface area contributed by atoms with Crippen LogP contribution < -0.4 is 11.1 Å². The molecule has 13 heteroatoms. The summed E-state index contributed by atoms with van der Waals surface area (Å²) in [7, 11) is 0. The third-order valence-corrected chi connectivity index (χ3v) is 9.81.